The lowest BCUT2D eigenvalue weighted by molar-refractivity contribution is -0.107. The third-order valence-electron chi connectivity index (χ3n) is 3.62. The summed E-state index contributed by atoms with van der Waals surface area (Å²) in [4.78, 5) is 24.5. The number of carbonyl (C=O) groups is 2. The third-order valence-corrected chi connectivity index (χ3v) is 3.62. The van der Waals surface area contributed by atoms with E-state index in [0.717, 1.165) is 35.1 Å². The van der Waals surface area contributed by atoms with Crippen molar-refractivity contribution in [3.05, 3.63) is 65.2 Å². The van der Waals surface area contributed by atoms with Crippen LogP contribution in [-0.4, -0.2) is 12.2 Å². The highest BCUT2D eigenvalue weighted by atomic mass is 16.2. The molecule has 1 amide bonds. The molecule has 0 saturated carbocycles. The van der Waals surface area contributed by atoms with Gasteiger partial charge in [0.25, 0.3) is 5.91 Å². The summed E-state index contributed by atoms with van der Waals surface area (Å²) in [6.45, 7) is 0.628. The maximum atomic E-state index is 12.3. The van der Waals surface area contributed by atoms with E-state index in [1.165, 1.54) is 0 Å². The number of amides is 1. The van der Waals surface area contributed by atoms with Crippen molar-refractivity contribution in [1.82, 2.24) is 0 Å². The first-order chi connectivity index (χ1) is 9.79. The molecule has 0 N–H and O–H groups in total. The molecule has 0 fully saturated rings. The summed E-state index contributed by atoms with van der Waals surface area (Å²) in [5, 5.41) is 0. The van der Waals surface area contributed by atoms with E-state index in [0.29, 0.717) is 13.0 Å². The standard InChI is InChI=1S/C17H15NO2/c19-11-3-4-13-7-9-15(10-8-13)18-12-14-5-1-2-6-16(14)17(18)20/h1-2,5-11H,3-4,12H2. The number of hydrogen-bond donors (Lipinski definition) is 0. The van der Waals surface area contributed by atoms with Gasteiger partial charge in [0.1, 0.15) is 6.29 Å². The van der Waals surface area contributed by atoms with Crippen molar-refractivity contribution in [2.75, 3.05) is 4.90 Å². The summed E-state index contributed by atoms with van der Waals surface area (Å²) in [5.41, 5.74) is 3.88. The average Bonchev–Trinajstić information content (AvgIpc) is 2.83. The highest BCUT2D eigenvalue weighted by Crippen LogP contribution is 2.28. The fourth-order valence-corrected chi connectivity index (χ4v) is 2.53. The van der Waals surface area contributed by atoms with Crippen LogP contribution in [0.3, 0.4) is 0 Å². The smallest absolute Gasteiger partial charge is 0.258 e. The molecule has 1 aliphatic rings. The van der Waals surface area contributed by atoms with Crippen LogP contribution in [-0.2, 0) is 17.8 Å². The number of hydrogen-bond acceptors (Lipinski definition) is 2. The van der Waals surface area contributed by atoms with E-state index >= 15 is 0 Å². The predicted molar refractivity (Wildman–Crippen MR) is 77.8 cm³/mol. The van der Waals surface area contributed by atoms with Gasteiger partial charge in [-0.1, -0.05) is 30.3 Å². The van der Waals surface area contributed by atoms with E-state index in [9.17, 15) is 9.59 Å². The van der Waals surface area contributed by atoms with Crippen LogP contribution in [0.15, 0.2) is 48.5 Å². The Morgan fingerprint density at radius 2 is 1.80 bits per heavy atom. The Morgan fingerprint density at radius 1 is 1.05 bits per heavy atom. The number of benzene rings is 2. The molecule has 2 aromatic carbocycles. The predicted octanol–water partition coefficient (Wildman–Crippen LogP) is 2.98. The fourth-order valence-electron chi connectivity index (χ4n) is 2.53. The van der Waals surface area contributed by atoms with Crippen molar-refractivity contribution < 1.29 is 9.59 Å². The molecule has 0 radical (unpaired) electrons. The lowest BCUT2D eigenvalue weighted by Crippen LogP contribution is -2.22. The number of aldehydes is 1. The van der Waals surface area contributed by atoms with Gasteiger partial charge in [0.05, 0.1) is 6.54 Å². The molecular formula is C17H15NO2. The highest BCUT2D eigenvalue weighted by Gasteiger charge is 2.27. The SMILES string of the molecule is O=CCCc1ccc(N2Cc3ccccc3C2=O)cc1. The Morgan fingerprint density at radius 3 is 2.50 bits per heavy atom. The summed E-state index contributed by atoms with van der Waals surface area (Å²) in [6, 6.07) is 15.6. The number of fused-ring (bicyclic) bond motifs is 1. The van der Waals surface area contributed by atoms with Gasteiger partial charge < -0.3 is 9.69 Å². The van der Waals surface area contributed by atoms with Gasteiger partial charge in [-0.25, -0.2) is 0 Å². The van der Waals surface area contributed by atoms with Crippen molar-refractivity contribution in [3.63, 3.8) is 0 Å². The summed E-state index contributed by atoms with van der Waals surface area (Å²) >= 11 is 0. The molecule has 1 aliphatic heterocycles. The molecule has 0 atom stereocenters. The van der Waals surface area contributed by atoms with Crippen LogP contribution in [0.2, 0.25) is 0 Å². The first kappa shape index (κ1) is 12.6. The quantitative estimate of drug-likeness (QED) is 0.797. The van der Waals surface area contributed by atoms with Gasteiger partial charge >= 0.3 is 0 Å². The normalized spacial score (nSPS) is 13.4. The van der Waals surface area contributed by atoms with Crippen LogP contribution < -0.4 is 4.90 Å². The zero-order chi connectivity index (χ0) is 13.9. The van der Waals surface area contributed by atoms with Crippen LogP contribution in [0.5, 0.6) is 0 Å². The summed E-state index contributed by atoms with van der Waals surface area (Å²) in [7, 11) is 0. The van der Waals surface area contributed by atoms with E-state index in [1.54, 1.807) is 4.90 Å². The second-order valence-corrected chi connectivity index (χ2v) is 4.92. The molecule has 100 valence electrons. The lowest BCUT2D eigenvalue weighted by atomic mass is 10.1. The van der Waals surface area contributed by atoms with Crippen molar-refractivity contribution in [2.45, 2.75) is 19.4 Å². The Balaban J connectivity index is 1.81. The minimum atomic E-state index is 0.0567. The average molecular weight is 265 g/mol. The van der Waals surface area contributed by atoms with Gasteiger partial charge in [-0.2, -0.15) is 0 Å². The number of aryl methyl sites for hydroxylation is 1. The van der Waals surface area contributed by atoms with E-state index in [-0.39, 0.29) is 5.91 Å². The van der Waals surface area contributed by atoms with E-state index in [1.807, 2.05) is 48.5 Å². The minimum Gasteiger partial charge on any atom is -0.304 e. The van der Waals surface area contributed by atoms with Crippen molar-refractivity contribution >= 4 is 17.9 Å². The first-order valence-electron chi connectivity index (χ1n) is 6.72. The zero-order valence-electron chi connectivity index (χ0n) is 11.1. The van der Waals surface area contributed by atoms with Crippen LogP contribution >= 0.6 is 0 Å². The highest BCUT2D eigenvalue weighted by molar-refractivity contribution is 6.09. The number of anilines is 1. The van der Waals surface area contributed by atoms with Gasteiger partial charge in [-0.3, -0.25) is 4.79 Å². The molecular weight excluding hydrogens is 250 g/mol. The number of carbonyl (C=O) groups excluding carboxylic acids is 2. The van der Waals surface area contributed by atoms with E-state index < -0.39 is 0 Å². The Bertz CT molecular complexity index is 646. The van der Waals surface area contributed by atoms with Gasteiger partial charge in [0.15, 0.2) is 0 Å². The molecule has 20 heavy (non-hydrogen) atoms. The maximum Gasteiger partial charge on any atom is 0.258 e. The monoisotopic (exact) mass is 265 g/mol. The molecule has 0 aliphatic carbocycles. The Labute approximate surface area is 117 Å². The van der Waals surface area contributed by atoms with Crippen LogP contribution in [0, 0.1) is 0 Å². The Kier molecular flexibility index (Phi) is 3.33. The van der Waals surface area contributed by atoms with Gasteiger partial charge in [-0.05, 0) is 35.7 Å². The third kappa shape index (κ3) is 2.23. The number of nitrogens with zero attached hydrogens (tertiary/aromatic N) is 1. The molecule has 1 heterocycles. The Hall–Kier alpha value is -2.42. The van der Waals surface area contributed by atoms with Crippen molar-refractivity contribution in [1.29, 1.82) is 0 Å². The van der Waals surface area contributed by atoms with Crippen molar-refractivity contribution in [3.8, 4) is 0 Å². The van der Waals surface area contributed by atoms with E-state index in [4.69, 9.17) is 0 Å². The van der Waals surface area contributed by atoms with Crippen molar-refractivity contribution in [2.24, 2.45) is 0 Å². The summed E-state index contributed by atoms with van der Waals surface area (Å²) < 4.78 is 0. The zero-order valence-corrected chi connectivity index (χ0v) is 11.1. The van der Waals surface area contributed by atoms with Gasteiger partial charge in [-0.15, -0.1) is 0 Å². The second-order valence-electron chi connectivity index (χ2n) is 4.92. The summed E-state index contributed by atoms with van der Waals surface area (Å²) in [5.74, 6) is 0.0567. The molecule has 0 spiro atoms. The largest absolute Gasteiger partial charge is 0.304 e. The van der Waals surface area contributed by atoms with Gasteiger partial charge in [0, 0.05) is 17.7 Å². The van der Waals surface area contributed by atoms with E-state index in [2.05, 4.69) is 0 Å². The van der Waals surface area contributed by atoms with Gasteiger partial charge in [0.2, 0.25) is 0 Å². The number of rotatable bonds is 4. The van der Waals surface area contributed by atoms with Crippen LogP contribution in [0.1, 0.15) is 27.9 Å². The fraction of sp³-hybridized carbons (Fsp3) is 0.176. The first-order valence-corrected chi connectivity index (χ1v) is 6.72. The molecule has 3 nitrogen and oxygen atoms in total. The second kappa shape index (κ2) is 5.29. The molecule has 0 aromatic heterocycles. The molecule has 2 aromatic rings. The molecule has 3 heteroatoms. The minimum absolute atomic E-state index is 0.0567. The molecule has 0 bridgehead atoms. The topological polar surface area (TPSA) is 37.4 Å². The lowest BCUT2D eigenvalue weighted by Gasteiger charge is -2.16. The maximum absolute atomic E-state index is 12.3. The molecule has 0 unspecified atom stereocenters. The molecule has 0 saturated heterocycles. The van der Waals surface area contributed by atoms with Crippen LogP contribution in [0.4, 0.5) is 5.69 Å². The van der Waals surface area contributed by atoms with Crippen LogP contribution in [0.25, 0.3) is 0 Å². The molecule has 3 rings (SSSR count). The summed E-state index contributed by atoms with van der Waals surface area (Å²) in [6.07, 6.45) is 2.21.